The van der Waals surface area contributed by atoms with E-state index in [1.54, 1.807) is 7.11 Å². The number of piperidine rings is 1. The van der Waals surface area contributed by atoms with Crippen molar-refractivity contribution in [2.24, 2.45) is 5.92 Å². The highest BCUT2D eigenvalue weighted by Crippen LogP contribution is 2.30. The van der Waals surface area contributed by atoms with E-state index in [-0.39, 0.29) is 12.0 Å². The second kappa shape index (κ2) is 13.1. The first kappa shape index (κ1) is 23.0. The van der Waals surface area contributed by atoms with Crippen LogP contribution in [0.25, 0.3) is 0 Å². The number of hydrogen-bond acceptors (Lipinski definition) is 4. The van der Waals surface area contributed by atoms with E-state index in [1.807, 2.05) is 6.07 Å². The molecule has 2 rings (SSSR count). The third-order valence-corrected chi connectivity index (χ3v) is 5.96. The number of aliphatic hydroxyl groups is 1. The molecule has 1 saturated heterocycles. The minimum atomic E-state index is -0.206. The highest BCUT2D eigenvalue weighted by molar-refractivity contribution is 5.43. The lowest BCUT2D eigenvalue weighted by atomic mass is 9.88. The van der Waals surface area contributed by atoms with Crippen molar-refractivity contribution >= 4 is 0 Å². The summed E-state index contributed by atoms with van der Waals surface area (Å²) in [7, 11) is 1.70. The van der Waals surface area contributed by atoms with Crippen LogP contribution >= 0.6 is 0 Å². The molecule has 1 aromatic carbocycles. The fraction of sp³-hybridized carbons (Fsp3) is 0.750. The van der Waals surface area contributed by atoms with Crippen molar-refractivity contribution in [1.29, 1.82) is 0 Å². The van der Waals surface area contributed by atoms with Crippen molar-refractivity contribution in [3.05, 3.63) is 23.8 Å². The van der Waals surface area contributed by atoms with E-state index in [2.05, 4.69) is 30.9 Å². The molecule has 0 radical (unpaired) electrons. The van der Waals surface area contributed by atoms with Gasteiger partial charge in [-0.2, -0.15) is 0 Å². The Balaban J connectivity index is 1.79. The van der Waals surface area contributed by atoms with Crippen LogP contribution in [-0.4, -0.2) is 49.5 Å². The first-order valence-corrected chi connectivity index (χ1v) is 11.4. The minimum absolute atomic E-state index is 0.206. The van der Waals surface area contributed by atoms with Crippen LogP contribution in [0.15, 0.2) is 18.2 Å². The van der Waals surface area contributed by atoms with E-state index in [1.165, 1.54) is 44.1 Å². The Hall–Kier alpha value is -1.26. The SMILES string of the molecule is CCCCCCCCCOc1ccc(CC2CN(CC)CCC2O)cc1OC. The molecule has 0 aliphatic carbocycles. The largest absolute Gasteiger partial charge is 0.493 e. The van der Waals surface area contributed by atoms with Crippen molar-refractivity contribution in [3.8, 4) is 11.5 Å². The molecule has 1 aliphatic rings. The summed E-state index contributed by atoms with van der Waals surface area (Å²) < 4.78 is 11.5. The molecule has 0 bridgehead atoms. The highest BCUT2D eigenvalue weighted by atomic mass is 16.5. The van der Waals surface area contributed by atoms with Gasteiger partial charge < -0.3 is 19.5 Å². The Kier molecular flexibility index (Phi) is 10.7. The predicted octanol–water partition coefficient (Wildman–Crippen LogP) is 5.07. The molecule has 0 spiro atoms. The number of likely N-dealkylation sites (tertiary alicyclic amines) is 1. The number of methoxy groups -OCH3 is 1. The maximum atomic E-state index is 10.4. The lowest BCUT2D eigenvalue weighted by Gasteiger charge is -2.35. The highest BCUT2D eigenvalue weighted by Gasteiger charge is 2.27. The number of aliphatic hydroxyl groups excluding tert-OH is 1. The van der Waals surface area contributed by atoms with Crippen LogP contribution in [-0.2, 0) is 6.42 Å². The third kappa shape index (κ3) is 7.63. The van der Waals surface area contributed by atoms with Gasteiger partial charge in [-0.15, -0.1) is 0 Å². The number of nitrogens with zero attached hydrogens (tertiary/aromatic N) is 1. The zero-order valence-electron chi connectivity index (χ0n) is 18.3. The van der Waals surface area contributed by atoms with Crippen molar-refractivity contribution in [1.82, 2.24) is 4.90 Å². The topological polar surface area (TPSA) is 41.9 Å². The Morgan fingerprint density at radius 3 is 2.50 bits per heavy atom. The van der Waals surface area contributed by atoms with Gasteiger partial charge in [0, 0.05) is 19.0 Å². The van der Waals surface area contributed by atoms with Gasteiger partial charge in [-0.3, -0.25) is 0 Å². The van der Waals surface area contributed by atoms with E-state index < -0.39 is 0 Å². The van der Waals surface area contributed by atoms with E-state index in [0.717, 1.165) is 57.0 Å². The summed E-state index contributed by atoms with van der Waals surface area (Å²) in [5, 5.41) is 10.4. The lowest BCUT2D eigenvalue weighted by Crippen LogP contribution is -2.43. The molecule has 2 unspecified atom stereocenters. The maximum Gasteiger partial charge on any atom is 0.161 e. The average molecular weight is 392 g/mol. The van der Waals surface area contributed by atoms with Gasteiger partial charge in [0.2, 0.25) is 0 Å². The van der Waals surface area contributed by atoms with E-state index in [0.29, 0.717) is 0 Å². The smallest absolute Gasteiger partial charge is 0.161 e. The van der Waals surface area contributed by atoms with Crippen LogP contribution in [0.2, 0.25) is 0 Å². The standard InChI is InChI=1S/C24H41NO3/c1-4-6-7-8-9-10-11-16-28-23-13-12-20(18-24(23)27-3)17-21-19-25(5-2)15-14-22(21)26/h12-13,18,21-22,26H,4-11,14-17,19H2,1-3H3. The molecular formula is C24H41NO3. The van der Waals surface area contributed by atoms with Gasteiger partial charge in [0.15, 0.2) is 11.5 Å². The van der Waals surface area contributed by atoms with Gasteiger partial charge in [-0.05, 0) is 43.5 Å². The summed E-state index contributed by atoms with van der Waals surface area (Å²) in [6, 6.07) is 6.24. The Labute approximate surface area is 172 Å². The molecule has 28 heavy (non-hydrogen) atoms. The van der Waals surface area contributed by atoms with Crippen LogP contribution in [0.5, 0.6) is 11.5 Å². The van der Waals surface area contributed by atoms with Gasteiger partial charge >= 0.3 is 0 Å². The molecule has 1 aliphatic heterocycles. The normalized spacial score (nSPS) is 20.3. The van der Waals surface area contributed by atoms with E-state index >= 15 is 0 Å². The molecule has 160 valence electrons. The molecule has 0 saturated carbocycles. The van der Waals surface area contributed by atoms with Gasteiger partial charge in [-0.25, -0.2) is 0 Å². The second-order valence-corrected chi connectivity index (χ2v) is 8.17. The van der Waals surface area contributed by atoms with Crippen LogP contribution in [0.3, 0.4) is 0 Å². The van der Waals surface area contributed by atoms with Gasteiger partial charge in [0.05, 0.1) is 19.8 Å². The summed E-state index contributed by atoms with van der Waals surface area (Å²) in [4.78, 5) is 2.42. The summed E-state index contributed by atoms with van der Waals surface area (Å²) in [6.07, 6.45) is 10.5. The molecule has 1 fully saturated rings. The number of hydrogen-bond donors (Lipinski definition) is 1. The van der Waals surface area contributed by atoms with Crippen LogP contribution in [0.1, 0.15) is 70.8 Å². The molecule has 1 heterocycles. The maximum absolute atomic E-state index is 10.4. The van der Waals surface area contributed by atoms with E-state index in [9.17, 15) is 5.11 Å². The number of rotatable bonds is 13. The molecule has 4 heteroatoms. The molecule has 1 N–H and O–H groups in total. The van der Waals surface area contributed by atoms with E-state index in [4.69, 9.17) is 9.47 Å². The average Bonchev–Trinajstić information content (AvgIpc) is 2.72. The molecule has 2 atom stereocenters. The van der Waals surface area contributed by atoms with Gasteiger partial charge in [0.1, 0.15) is 0 Å². The molecule has 1 aromatic rings. The number of unbranched alkanes of at least 4 members (excludes halogenated alkanes) is 6. The monoisotopic (exact) mass is 391 g/mol. The fourth-order valence-electron chi connectivity index (χ4n) is 4.09. The Morgan fingerprint density at radius 1 is 1.04 bits per heavy atom. The summed E-state index contributed by atoms with van der Waals surface area (Å²) >= 11 is 0. The first-order chi connectivity index (χ1) is 13.7. The van der Waals surface area contributed by atoms with Gasteiger partial charge in [0.25, 0.3) is 0 Å². The summed E-state index contributed by atoms with van der Waals surface area (Å²) in [5.41, 5.74) is 1.21. The van der Waals surface area contributed by atoms with Crippen LogP contribution in [0, 0.1) is 5.92 Å². The number of benzene rings is 1. The zero-order valence-corrected chi connectivity index (χ0v) is 18.3. The van der Waals surface area contributed by atoms with Crippen molar-refractivity contribution in [3.63, 3.8) is 0 Å². The van der Waals surface area contributed by atoms with Crippen molar-refractivity contribution in [2.75, 3.05) is 33.4 Å². The second-order valence-electron chi connectivity index (χ2n) is 8.17. The number of ether oxygens (including phenoxy) is 2. The molecular weight excluding hydrogens is 350 g/mol. The first-order valence-electron chi connectivity index (χ1n) is 11.4. The van der Waals surface area contributed by atoms with Crippen molar-refractivity contribution < 1.29 is 14.6 Å². The summed E-state index contributed by atoms with van der Waals surface area (Å²) in [6.45, 7) is 8.21. The quantitative estimate of drug-likeness (QED) is 0.477. The minimum Gasteiger partial charge on any atom is -0.493 e. The Bertz CT molecular complexity index is 549. The summed E-state index contributed by atoms with van der Waals surface area (Å²) in [5.74, 6) is 1.92. The molecule has 4 nitrogen and oxygen atoms in total. The predicted molar refractivity (Wildman–Crippen MR) is 116 cm³/mol. The van der Waals surface area contributed by atoms with Crippen LogP contribution < -0.4 is 9.47 Å². The zero-order chi connectivity index (χ0) is 20.2. The Morgan fingerprint density at radius 2 is 1.79 bits per heavy atom. The van der Waals surface area contributed by atoms with Crippen molar-refractivity contribution in [2.45, 2.75) is 77.7 Å². The molecule has 0 amide bonds. The third-order valence-electron chi connectivity index (χ3n) is 5.96. The lowest BCUT2D eigenvalue weighted by molar-refractivity contribution is 0.0290. The molecule has 0 aromatic heterocycles. The van der Waals surface area contributed by atoms with Gasteiger partial charge in [-0.1, -0.05) is 58.4 Å². The fourth-order valence-corrected chi connectivity index (χ4v) is 4.09. The van der Waals surface area contributed by atoms with Crippen LogP contribution in [0.4, 0.5) is 0 Å².